The van der Waals surface area contributed by atoms with Gasteiger partial charge in [-0.2, -0.15) is 0 Å². The van der Waals surface area contributed by atoms with Crippen LogP contribution in [0.25, 0.3) is 0 Å². The summed E-state index contributed by atoms with van der Waals surface area (Å²) in [5.41, 5.74) is 0.466. The molecule has 0 bridgehead atoms. The fraction of sp³-hybridized carbons (Fsp3) is 0.769. The minimum Gasteiger partial charge on any atom is -0.380 e. The van der Waals surface area contributed by atoms with Crippen molar-refractivity contribution in [2.45, 2.75) is 25.8 Å². The van der Waals surface area contributed by atoms with Gasteiger partial charge in [0.25, 0.3) is 5.91 Å². The lowest BCUT2D eigenvalue weighted by Gasteiger charge is -2.37. The predicted octanol–water partition coefficient (Wildman–Crippen LogP) is -0.0311. The van der Waals surface area contributed by atoms with Gasteiger partial charge in [-0.15, -0.1) is 5.10 Å². The van der Waals surface area contributed by atoms with Gasteiger partial charge in [0.05, 0.1) is 25.5 Å². The highest BCUT2D eigenvalue weighted by atomic mass is 16.5. The lowest BCUT2D eigenvalue weighted by molar-refractivity contribution is -0.0978. The molecule has 7 nitrogen and oxygen atoms in total. The molecule has 0 radical (unpaired) electrons. The summed E-state index contributed by atoms with van der Waals surface area (Å²) in [4.78, 5) is 12.0. The van der Waals surface area contributed by atoms with Crippen LogP contribution in [0.15, 0.2) is 6.20 Å². The van der Waals surface area contributed by atoms with Gasteiger partial charge in [0.15, 0.2) is 5.69 Å². The molecular formula is C13H21N5O2. The zero-order valence-electron chi connectivity index (χ0n) is 11.8. The number of piperidine rings is 1. The third kappa shape index (κ3) is 2.83. The molecule has 3 heterocycles. The summed E-state index contributed by atoms with van der Waals surface area (Å²) in [7, 11) is 0. The maximum absolute atomic E-state index is 12.0. The van der Waals surface area contributed by atoms with Crippen LogP contribution in [0, 0.1) is 5.41 Å². The minimum atomic E-state index is -0.154. The standard InChI is InChI=1S/C13H21N5O2/c1-13(8-20-9-13)7-15-12(19)11-6-18(17-16-11)10-2-4-14-5-3-10/h6,10,14H,2-5,7-9H2,1H3,(H,15,19). The molecule has 1 aromatic heterocycles. The molecule has 0 unspecified atom stereocenters. The van der Waals surface area contributed by atoms with Crippen molar-refractivity contribution in [1.29, 1.82) is 0 Å². The first-order chi connectivity index (χ1) is 9.66. The van der Waals surface area contributed by atoms with Crippen LogP contribution < -0.4 is 10.6 Å². The maximum Gasteiger partial charge on any atom is 0.273 e. The number of carbonyl (C=O) groups is 1. The molecule has 1 amide bonds. The number of aromatic nitrogens is 3. The van der Waals surface area contributed by atoms with Gasteiger partial charge in [0.1, 0.15) is 0 Å². The van der Waals surface area contributed by atoms with Crippen LogP contribution in [0.2, 0.25) is 0 Å². The first kappa shape index (κ1) is 13.5. The minimum absolute atomic E-state index is 0.0701. The molecule has 20 heavy (non-hydrogen) atoms. The van der Waals surface area contributed by atoms with Gasteiger partial charge < -0.3 is 15.4 Å². The van der Waals surface area contributed by atoms with E-state index in [0.717, 1.165) is 25.9 Å². The third-order valence-electron chi connectivity index (χ3n) is 4.00. The Kier molecular flexibility index (Phi) is 3.71. The number of hydrogen-bond donors (Lipinski definition) is 2. The molecule has 0 atom stereocenters. The number of nitrogens with zero attached hydrogens (tertiary/aromatic N) is 3. The number of rotatable bonds is 4. The van der Waals surface area contributed by atoms with Crippen LogP contribution >= 0.6 is 0 Å². The molecule has 0 aliphatic carbocycles. The van der Waals surface area contributed by atoms with Gasteiger partial charge in [0.2, 0.25) is 0 Å². The fourth-order valence-electron chi connectivity index (χ4n) is 2.57. The fourth-order valence-corrected chi connectivity index (χ4v) is 2.57. The van der Waals surface area contributed by atoms with E-state index in [0.29, 0.717) is 31.5 Å². The van der Waals surface area contributed by atoms with Crippen LogP contribution in [0.5, 0.6) is 0 Å². The van der Waals surface area contributed by atoms with E-state index < -0.39 is 0 Å². The Morgan fingerprint density at radius 3 is 2.95 bits per heavy atom. The van der Waals surface area contributed by atoms with Crippen LogP contribution in [0.3, 0.4) is 0 Å². The molecule has 0 saturated carbocycles. The first-order valence-electron chi connectivity index (χ1n) is 7.15. The Balaban J connectivity index is 1.56. The molecule has 2 saturated heterocycles. The highest BCUT2D eigenvalue weighted by molar-refractivity contribution is 5.91. The summed E-state index contributed by atoms with van der Waals surface area (Å²) >= 11 is 0. The van der Waals surface area contributed by atoms with Gasteiger partial charge in [-0.1, -0.05) is 12.1 Å². The Labute approximate surface area is 118 Å². The lowest BCUT2D eigenvalue weighted by atomic mass is 9.89. The summed E-state index contributed by atoms with van der Waals surface area (Å²) in [6.07, 6.45) is 3.81. The number of ether oxygens (including phenoxy) is 1. The molecule has 1 aromatic rings. The Morgan fingerprint density at radius 1 is 1.55 bits per heavy atom. The van der Waals surface area contributed by atoms with Crippen LogP contribution in [-0.4, -0.2) is 53.7 Å². The zero-order chi connectivity index (χ0) is 14.0. The lowest BCUT2D eigenvalue weighted by Crippen LogP contribution is -2.48. The summed E-state index contributed by atoms with van der Waals surface area (Å²) in [6, 6.07) is 0.350. The number of nitrogens with one attached hydrogen (secondary N) is 2. The van der Waals surface area contributed by atoms with Gasteiger partial charge in [0, 0.05) is 12.0 Å². The molecule has 0 aromatic carbocycles. The van der Waals surface area contributed by atoms with Crippen molar-refractivity contribution < 1.29 is 9.53 Å². The third-order valence-corrected chi connectivity index (χ3v) is 4.00. The van der Waals surface area contributed by atoms with Crippen molar-refractivity contribution in [3.8, 4) is 0 Å². The average molecular weight is 279 g/mol. The number of hydrogen-bond acceptors (Lipinski definition) is 5. The molecule has 110 valence electrons. The van der Waals surface area contributed by atoms with E-state index in [9.17, 15) is 4.79 Å². The Morgan fingerprint density at radius 2 is 2.30 bits per heavy atom. The zero-order valence-corrected chi connectivity index (χ0v) is 11.8. The van der Waals surface area contributed by atoms with Crippen molar-refractivity contribution >= 4 is 5.91 Å². The quantitative estimate of drug-likeness (QED) is 0.809. The summed E-state index contributed by atoms with van der Waals surface area (Å²) in [5.74, 6) is -0.154. The van der Waals surface area contributed by atoms with E-state index >= 15 is 0 Å². The normalized spacial score (nSPS) is 22.2. The van der Waals surface area contributed by atoms with E-state index in [1.54, 1.807) is 6.20 Å². The molecule has 2 N–H and O–H groups in total. The monoisotopic (exact) mass is 279 g/mol. The summed E-state index contributed by atoms with van der Waals surface area (Å²) in [6.45, 7) is 6.10. The van der Waals surface area contributed by atoms with E-state index in [1.165, 1.54) is 0 Å². The van der Waals surface area contributed by atoms with Crippen molar-refractivity contribution in [2.24, 2.45) is 5.41 Å². The second-order valence-corrected chi connectivity index (χ2v) is 6.05. The van der Waals surface area contributed by atoms with Gasteiger partial charge in [-0.3, -0.25) is 4.79 Å². The Bertz CT molecular complexity index is 477. The van der Waals surface area contributed by atoms with Crippen molar-refractivity contribution in [3.63, 3.8) is 0 Å². The van der Waals surface area contributed by atoms with Crippen LogP contribution in [-0.2, 0) is 4.74 Å². The number of amides is 1. The second-order valence-electron chi connectivity index (χ2n) is 6.05. The molecule has 2 aliphatic heterocycles. The second kappa shape index (κ2) is 5.49. The van der Waals surface area contributed by atoms with E-state index in [-0.39, 0.29) is 11.3 Å². The van der Waals surface area contributed by atoms with Gasteiger partial charge in [-0.25, -0.2) is 4.68 Å². The molecule has 3 rings (SSSR count). The molecular weight excluding hydrogens is 258 g/mol. The van der Waals surface area contributed by atoms with Gasteiger partial charge in [-0.05, 0) is 25.9 Å². The average Bonchev–Trinajstić information content (AvgIpc) is 2.93. The van der Waals surface area contributed by atoms with Crippen molar-refractivity contribution in [1.82, 2.24) is 25.6 Å². The van der Waals surface area contributed by atoms with Crippen molar-refractivity contribution in [3.05, 3.63) is 11.9 Å². The van der Waals surface area contributed by atoms with E-state index in [2.05, 4.69) is 27.9 Å². The van der Waals surface area contributed by atoms with E-state index in [1.807, 2.05) is 4.68 Å². The first-order valence-corrected chi connectivity index (χ1v) is 7.15. The van der Waals surface area contributed by atoms with Crippen molar-refractivity contribution in [2.75, 3.05) is 32.8 Å². The smallest absolute Gasteiger partial charge is 0.273 e. The summed E-state index contributed by atoms with van der Waals surface area (Å²) in [5, 5.41) is 14.3. The SMILES string of the molecule is CC1(CNC(=O)c2cn(C3CCNCC3)nn2)COC1. The largest absolute Gasteiger partial charge is 0.380 e. The van der Waals surface area contributed by atoms with Gasteiger partial charge >= 0.3 is 0 Å². The highest BCUT2D eigenvalue weighted by Gasteiger charge is 2.33. The van der Waals surface area contributed by atoms with Crippen LogP contribution in [0.4, 0.5) is 0 Å². The molecule has 0 spiro atoms. The maximum atomic E-state index is 12.0. The topological polar surface area (TPSA) is 81.1 Å². The molecule has 7 heteroatoms. The summed E-state index contributed by atoms with van der Waals surface area (Å²) < 4.78 is 6.99. The van der Waals surface area contributed by atoms with E-state index in [4.69, 9.17) is 4.74 Å². The van der Waals surface area contributed by atoms with Crippen LogP contribution in [0.1, 0.15) is 36.3 Å². The predicted molar refractivity (Wildman–Crippen MR) is 72.4 cm³/mol. The Hall–Kier alpha value is -1.47. The highest BCUT2D eigenvalue weighted by Crippen LogP contribution is 2.25. The molecule has 2 fully saturated rings. The molecule has 2 aliphatic rings. The number of carbonyl (C=O) groups excluding carboxylic acids is 1.